The van der Waals surface area contributed by atoms with Crippen LogP contribution in [0.3, 0.4) is 0 Å². The fourth-order valence-electron chi connectivity index (χ4n) is 3.39. The smallest absolute Gasteiger partial charge is 0.324 e. The lowest BCUT2D eigenvalue weighted by Crippen LogP contribution is -2.32. The molecule has 9 heteroatoms. The minimum absolute atomic E-state index is 0.0898. The molecule has 0 spiro atoms. The average Bonchev–Trinajstić information content (AvgIpc) is 3.16. The van der Waals surface area contributed by atoms with Crippen molar-refractivity contribution in [2.45, 2.75) is 24.0 Å². The van der Waals surface area contributed by atoms with Crippen LogP contribution >= 0.6 is 11.8 Å². The Morgan fingerprint density at radius 2 is 2.04 bits per heavy atom. The van der Waals surface area contributed by atoms with Crippen molar-refractivity contribution in [3.05, 3.63) is 30.5 Å². The molecule has 1 saturated heterocycles. The highest BCUT2D eigenvalue weighted by atomic mass is 32.2. The summed E-state index contributed by atoms with van der Waals surface area (Å²) in [5.74, 6) is 1.29. The van der Waals surface area contributed by atoms with E-state index in [2.05, 4.69) is 31.1 Å². The molecule has 8 nitrogen and oxygen atoms in total. The molecule has 3 heterocycles. The van der Waals surface area contributed by atoms with Crippen LogP contribution in [0.5, 0.6) is 0 Å². The number of imide groups is 1. The first kappa shape index (κ1) is 16.4. The van der Waals surface area contributed by atoms with Gasteiger partial charge in [0.05, 0.1) is 6.54 Å². The third-order valence-electron chi connectivity index (χ3n) is 4.89. The number of hydrogen-bond acceptors (Lipinski definition) is 5. The molecule has 2 N–H and O–H groups in total. The van der Waals surface area contributed by atoms with Crippen molar-refractivity contribution in [3.63, 3.8) is 0 Å². The Kier molecular flexibility index (Phi) is 3.89. The zero-order valence-electron chi connectivity index (χ0n) is 14.5. The summed E-state index contributed by atoms with van der Waals surface area (Å²) >= 11 is 1.54. The van der Waals surface area contributed by atoms with Gasteiger partial charge in [-0.05, 0) is 18.9 Å². The molecule has 3 amide bonds. The van der Waals surface area contributed by atoms with E-state index in [0.29, 0.717) is 18.3 Å². The average molecular weight is 382 g/mol. The van der Waals surface area contributed by atoms with E-state index in [1.807, 2.05) is 24.4 Å². The summed E-state index contributed by atoms with van der Waals surface area (Å²) in [4.78, 5) is 27.9. The fraction of sp³-hybridized carbons (Fsp3) is 0.333. The number of nitrogens with one attached hydrogen (secondary N) is 2. The summed E-state index contributed by atoms with van der Waals surface area (Å²) in [5.41, 5.74) is 2.12. The summed E-state index contributed by atoms with van der Waals surface area (Å²) in [6.45, 7) is 0.460. The number of para-hydroxylation sites is 1. The van der Waals surface area contributed by atoms with E-state index in [4.69, 9.17) is 0 Å². The number of carbonyl (C=O) groups excluding carboxylic acids is 2. The van der Waals surface area contributed by atoms with Gasteiger partial charge in [-0.15, -0.1) is 10.2 Å². The number of aromatic amines is 1. The Morgan fingerprint density at radius 1 is 1.19 bits per heavy atom. The first-order valence-corrected chi connectivity index (χ1v) is 9.93. The SMILES string of the molecule is O=C1CNC(=O)N1CCSc1nnc(-c2c[nH]c3ccccc23)n1C1CC1. The summed E-state index contributed by atoms with van der Waals surface area (Å²) in [7, 11) is 0. The first-order chi connectivity index (χ1) is 13.2. The molecule has 27 heavy (non-hydrogen) atoms. The Labute approximate surface area is 159 Å². The highest BCUT2D eigenvalue weighted by molar-refractivity contribution is 7.99. The van der Waals surface area contributed by atoms with Crippen molar-refractivity contribution >= 4 is 34.6 Å². The summed E-state index contributed by atoms with van der Waals surface area (Å²) < 4.78 is 2.20. The quantitative estimate of drug-likeness (QED) is 0.504. The topological polar surface area (TPSA) is 95.9 Å². The van der Waals surface area contributed by atoms with Gasteiger partial charge < -0.3 is 10.3 Å². The largest absolute Gasteiger partial charge is 0.360 e. The van der Waals surface area contributed by atoms with E-state index in [-0.39, 0.29) is 18.5 Å². The zero-order chi connectivity index (χ0) is 18.4. The molecule has 0 radical (unpaired) electrons. The van der Waals surface area contributed by atoms with Crippen molar-refractivity contribution in [2.75, 3.05) is 18.8 Å². The molecule has 1 aliphatic heterocycles. The molecule has 1 aliphatic carbocycles. The van der Waals surface area contributed by atoms with Crippen molar-refractivity contribution in [1.82, 2.24) is 30.0 Å². The lowest BCUT2D eigenvalue weighted by molar-refractivity contribution is -0.124. The molecule has 0 atom stereocenters. The van der Waals surface area contributed by atoms with Crippen LogP contribution in [0, 0.1) is 0 Å². The van der Waals surface area contributed by atoms with Crippen LogP contribution in [0.15, 0.2) is 35.6 Å². The number of benzene rings is 1. The number of H-pyrrole nitrogens is 1. The standard InChI is InChI=1S/C18H18N6O2S/c25-15-10-20-17(26)23(15)7-8-27-18-22-21-16(24(18)11-5-6-11)13-9-19-14-4-2-1-3-12(13)14/h1-4,9,11,19H,5-8,10H2,(H,20,26). The minimum Gasteiger partial charge on any atom is -0.360 e. The molecule has 0 bridgehead atoms. The molecule has 2 aromatic heterocycles. The molecular weight excluding hydrogens is 364 g/mol. The lowest BCUT2D eigenvalue weighted by Gasteiger charge is -2.12. The van der Waals surface area contributed by atoms with Gasteiger partial charge in [0, 0.05) is 41.0 Å². The lowest BCUT2D eigenvalue weighted by atomic mass is 10.1. The molecule has 2 aliphatic rings. The van der Waals surface area contributed by atoms with Gasteiger partial charge in [0.1, 0.15) is 0 Å². The molecular formula is C18H18N6O2S. The zero-order valence-corrected chi connectivity index (χ0v) is 15.3. The number of amides is 3. The first-order valence-electron chi connectivity index (χ1n) is 8.95. The molecule has 0 unspecified atom stereocenters. The summed E-state index contributed by atoms with van der Waals surface area (Å²) in [5, 5.41) is 13.4. The normalized spacial score (nSPS) is 17.1. The Bertz CT molecular complexity index is 1020. The van der Waals surface area contributed by atoms with E-state index >= 15 is 0 Å². The predicted molar refractivity (Wildman–Crippen MR) is 101 cm³/mol. The van der Waals surface area contributed by atoms with Crippen LogP contribution in [0.2, 0.25) is 0 Å². The second kappa shape index (κ2) is 6.41. The van der Waals surface area contributed by atoms with E-state index in [0.717, 1.165) is 40.3 Å². The highest BCUT2D eigenvalue weighted by Crippen LogP contribution is 2.42. The second-order valence-electron chi connectivity index (χ2n) is 6.71. The number of aromatic nitrogens is 4. The van der Waals surface area contributed by atoms with Crippen molar-refractivity contribution < 1.29 is 9.59 Å². The maximum Gasteiger partial charge on any atom is 0.324 e. The van der Waals surface area contributed by atoms with Crippen molar-refractivity contribution in [1.29, 1.82) is 0 Å². The third-order valence-corrected chi connectivity index (χ3v) is 5.81. The maximum atomic E-state index is 11.7. The van der Waals surface area contributed by atoms with Crippen LogP contribution in [-0.2, 0) is 4.79 Å². The Hall–Kier alpha value is -2.81. The third kappa shape index (κ3) is 2.87. The van der Waals surface area contributed by atoms with Crippen LogP contribution in [0.1, 0.15) is 18.9 Å². The Morgan fingerprint density at radius 3 is 2.81 bits per heavy atom. The number of nitrogens with zero attached hydrogens (tertiary/aromatic N) is 4. The van der Waals surface area contributed by atoms with Crippen molar-refractivity contribution in [3.8, 4) is 11.4 Å². The van der Waals surface area contributed by atoms with Gasteiger partial charge in [-0.2, -0.15) is 0 Å². The van der Waals surface area contributed by atoms with Gasteiger partial charge in [0.2, 0.25) is 5.91 Å². The van der Waals surface area contributed by atoms with Gasteiger partial charge in [0.15, 0.2) is 11.0 Å². The monoisotopic (exact) mass is 382 g/mol. The van der Waals surface area contributed by atoms with E-state index in [9.17, 15) is 9.59 Å². The van der Waals surface area contributed by atoms with E-state index in [1.54, 1.807) is 0 Å². The van der Waals surface area contributed by atoms with E-state index < -0.39 is 0 Å². The van der Waals surface area contributed by atoms with Gasteiger partial charge in [-0.1, -0.05) is 30.0 Å². The number of rotatable bonds is 6. The minimum atomic E-state index is -0.316. The van der Waals surface area contributed by atoms with Gasteiger partial charge in [-0.25, -0.2) is 4.79 Å². The maximum absolute atomic E-state index is 11.7. The number of fused-ring (bicyclic) bond motifs is 1. The summed E-state index contributed by atoms with van der Waals surface area (Å²) in [6.07, 6.45) is 4.22. The second-order valence-corrected chi connectivity index (χ2v) is 7.77. The fourth-order valence-corrected chi connectivity index (χ4v) is 4.32. The molecule has 138 valence electrons. The number of thioether (sulfide) groups is 1. The number of carbonyl (C=O) groups is 2. The predicted octanol–water partition coefficient (Wildman–Crippen LogP) is 2.41. The highest BCUT2D eigenvalue weighted by Gasteiger charge is 2.32. The van der Waals surface area contributed by atoms with Gasteiger partial charge >= 0.3 is 6.03 Å². The van der Waals surface area contributed by atoms with E-state index in [1.165, 1.54) is 16.7 Å². The Balaban J connectivity index is 1.40. The van der Waals surface area contributed by atoms with Crippen LogP contribution in [-0.4, -0.2) is 55.4 Å². The molecule has 1 aromatic carbocycles. The molecule has 3 aromatic rings. The van der Waals surface area contributed by atoms with Crippen LogP contribution in [0.4, 0.5) is 4.79 Å². The van der Waals surface area contributed by atoms with Crippen LogP contribution in [0.25, 0.3) is 22.3 Å². The number of urea groups is 1. The molecule has 1 saturated carbocycles. The molecule has 5 rings (SSSR count). The number of hydrogen-bond donors (Lipinski definition) is 2. The van der Waals surface area contributed by atoms with Gasteiger partial charge in [-0.3, -0.25) is 14.3 Å². The molecule has 2 fully saturated rings. The summed E-state index contributed by atoms with van der Waals surface area (Å²) in [6, 6.07) is 8.25. The van der Waals surface area contributed by atoms with Gasteiger partial charge in [0.25, 0.3) is 0 Å². The van der Waals surface area contributed by atoms with Crippen LogP contribution < -0.4 is 5.32 Å². The van der Waals surface area contributed by atoms with Crippen molar-refractivity contribution in [2.24, 2.45) is 0 Å².